The van der Waals surface area contributed by atoms with Crippen molar-refractivity contribution in [2.45, 2.75) is 46.0 Å². The molecule has 0 saturated carbocycles. The van der Waals surface area contributed by atoms with Crippen LogP contribution in [0.2, 0.25) is 0 Å². The summed E-state index contributed by atoms with van der Waals surface area (Å²) in [4.78, 5) is 19.1. The Morgan fingerprint density at radius 1 is 1.17 bits per heavy atom. The number of nitrogens with zero attached hydrogens (tertiary/aromatic N) is 1. The van der Waals surface area contributed by atoms with Crippen molar-refractivity contribution in [1.29, 1.82) is 0 Å². The summed E-state index contributed by atoms with van der Waals surface area (Å²) in [6, 6.07) is 8.55. The fourth-order valence-electron chi connectivity index (χ4n) is 2.42. The molecule has 1 amide bonds. The molecule has 5 heteroatoms. The third-order valence-corrected chi connectivity index (χ3v) is 3.79. The van der Waals surface area contributed by atoms with Crippen LogP contribution in [0.15, 0.2) is 30.5 Å². The minimum absolute atomic E-state index is 0.359. The standard InChI is InChI=1S/C19H27N3O2/c1-3-5-13-24-19(23)20-12-11-18-21-14-17(22-18)16-9-7-15(6-4-2)8-10-16/h7-10,14H,3-6,11-13H2,1-2H3,(H,20,23)(H,21,22). The molecule has 0 radical (unpaired) electrons. The molecular weight excluding hydrogens is 302 g/mol. The maximum atomic E-state index is 11.5. The maximum absolute atomic E-state index is 11.5. The highest BCUT2D eigenvalue weighted by molar-refractivity contribution is 5.67. The number of aromatic nitrogens is 2. The fraction of sp³-hybridized carbons (Fsp3) is 0.474. The molecule has 0 unspecified atom stereocenters. The molecule has 0 spiro atoms. The molecule has 0 bridgehead atoms. The molecule has 1 aromatic carbocycles. The SMILES string of the molecule is CCCCOC(=O)NCCc1ncc(-c2ccc(CCC)cc2)[nH]1. The second-order valence-corrected chi connectivity index (χ2v) is 5.86. The number of nitrogens with one attached hydrogen (secondary N) is 2. The van der Waals surface area contributed by atoms with Crippen LogP contribution in [-0.4, -0.2) is 29.2 Å². The third kappa shape index (κ3) is 5.72. The van der Waals surface area contributed by atoms with Gasteiger partial charge >= 0.3 is 6.09 Å². The number of hydrogen-bond donors (Lipinski definition) is 2. The number of carbonyl (C=O) groups is 1. The van der Waals surface area contributed by atoms with Crippen LogP contribution in [-0.2, 0) is 17.6 Å². The quantitative estimate of drug-likeness (QED) is 0.681. The Morgan fingerprint density at radius 2 is 1.96 bits per heavy atom. The predicted octanol–water partition coefficient (Wildman–Crippen LogP) is 4.10. The topological polar surface area (TPSA) is 67.0 Å². The van der Waals surface area contributed by atoms with Crippen molar-refractivity contribution < 1.29 is 9.53 Å². The zero-order valence-electron chi connectivity index (χ0n) is 14.6. The zero-order valence-corrected chi connectivity index (χ0v) is 14.6. The molecule has 2 rings (SSSR count). The number of unbranched alkanes of at least 4 members (excludes halogenated alkanes) is 1. The Balaban J connectivity index is 1.79. The summed E-state index contributed by atoms with van der Waals surface area (Å²) >= 11 is 0. The molecule has 1 aromatic heterocycles. The second-order valence-electron chi connectivity index (χ2n) is 5.86. The first kappa shape index (κ1) is 18.0. The summed E-state index contributed by atoms with van der Waals surface area (Å²) in [7, 11) is 0. The highest BCUT2D eigenvalue weighted by Crippen LogP contribution is 2.18. The smallest absolute Gasteiger partial charge is 0.407 e. The fourth-order valence-corrected chi connectivity index (χ4v) is 2.42. The monoisotopic (exact) mass is 329 g/mol. The molecule has 130 valence electrons. The summed E-state index contributed by atoms with van der Waals surface area (Å²) in [5, 5.41) is 2.74. The molecule has 0 aliphatic carbocycles. The summed E-state index contributed by atoms with van der Waals surface area (Å²) in [5.41, 5.74) is 3.48. The van der Waals surface area contributed by atoms with Crippen LogP contribution >= 0.6 is 0 Å². The van der Waals surface area contributed by atoms with Crippen molar-refractivity contribution in [3.8, 4) is 11.3 Å². The number of alkyl carbamates (subject to hydrolysis) is 1. The van der Waals surface area contributed by atoms with Crippen molar-refractivity contribution >= 4 is 6.09 Å². The van der Waals surface area contributed by atoms with Crippen molar-refractivity contribution in [2.24, 2.45) is 0 Å². The zero-order chi connectivity index (χ0) is 17.2. The highest BCUT2D eigenvalue weighted by atomic mass is 16.5. The normalized spacial score (nSPS) is 10.6. The van der Waals surface area contributed by atoms with Gasteiger partial charge < -0.3 is 15.0 Å². The minimum atomic E-state index is -0.359. The molecular formula is C19H27N3O2. The van der Waals surface area contributed by atoms with E-state index in [-0.39, 0.29) is 6.09 Å². The van der Waals surface area contributed by atoms with Gasteiger partial charge in [0.1, 0.15) is 5.82 Å². The summed E-state index contributed by atoms with van der Waals surface area (Å²) in [5.74, 6) is 0.858. The largest absolute Gasteiger partial charge is 0.450 e. The molecule has 0 aliphatic heterocycles. The lowest BCUT2D eigenvalue weighted by Crippen LogP contribution is -2.27. The van der Waals surface area contributed by atoms with Gasteiger partial charge in [0.25, 0.3) is 0 Å². The maximum Gasteiger partial charge on any atom is 0.407 e. The number of carbonyl (C=O) groups excluding carboxylic acids is 1. The van der Waals surface area contributed by atoms with Crippen molar-refractivity contribution in [3.63, 3.8) is 0 Å². The van der Waals surface area contributed by atoms with E-state index in [1.54, 1.807) is 0 Å². The van der Waals surface area contributed by atoms with E-state index >= 15 is 0 Å². The average Bonchev–Trinajstić information content (AvgIpc) is 3.05. The Hall–Kier alpha value is -2.30. The highest BCUT2D eigenvalue weighted by Gasteiger charge is 2.05. The van der Waals surface area contributed by atoms with Gasteiger partial charge in [-0.2, -0.15) is 0 Å². The number of aromatic amines is 1. The van der Waals surface area contributed by atoms with Gasteiger partial charge in [-0.15, -0.1) is 0 Å². The van der Waals surface area contributed by atoms with Gasteiger partial charge in [0, 0.05) is 13.0 Å². The number of benzene rings is 1. The number of amides is 1. The van der Waals surface area contributed by atoms with Crippen LogP contribution in [0.3, 0.4) is 0 Å². The Labute approximate surface area is 143 Å². The van der Waals surface area contributed by atoms with Crippen LogP contribution in [0, 0.1) is 0 Å². The third-order valence-electron chi connectivity index (χ3n) is 3.79. The minimum Gasteiger partial charge on any atom is -0.450 e. The molecule has 1 heterocycles. The van der Waals surface area contributed by atoms with E-state index in [9.17, 15) is 4.79 Å². The molecule has 0 atom stereocenters. The molecule has 0 fully saturated rings. The molecule has 24 heavy (non-hydrogen) atoms. The Kier molecular flexibility index (Phi) is 7.33. The number of H-pyrrole nitrogens is 1. The van der Waals surface area contributed by atoms with E-state index < -0.39 is 0 Å². The Morgan fingerprint density at radius 3 is 2.67 bits per heavy atom. The van der Waals surface area contributed by atoms with Gasteiger partial charge in [0.15, 0.2) is 0 Å². The lowest BCUT2D eigenvalue weighted by atomic mass is 10.1. The van der Waals surface area contributed by atoms with Gasteiger partial charge in [0.05, 0.1) is 18.5 Å². The molecule has 0 aliphatic rings. The molecule has 0 saturated heterocycles. The first-order chi connectivity index (χ1) is 11.7. The predicted molar refractivity (Wildman–Crippen MR) is 96.0 cm³/mol. The number of ether oxygens (including phenoxy) is 1. The molecule has 2 N–H and O–H groups in total. The van der Waals surface area contributed by atoms with Crippen LogP contribution < -0.4 is 5.32 Å². The summed E-state index contributed by atoms with van der Waals surface area (Å²) < 4.78 is 5.05. The number of hydrogen-bond acceptors (Lipinski definition) is 3. The van der Waals surface area contributed by atoms with Crippen molar-refractivity contribution in [1.82, 2.24) is 15.3 Å². The average molecular weight is 329 g/mol. The molecule has 2 aromatic rings. The number of aryl methyl sites for hydroxylation is 1. The van der Waals surface area contributed by atoms with Crippen LogP contribution in [0.25, 0.3) is 11.3 Å². The van der Waals surface area contributed by atoms with E-state index in [0.29, 0.717) is 19.6 Å². The van der Waals surface area contributed by atoms with Gasteiger partial charge in [0.2, 0.25) is 0 Å². The van der Waals surface area contributed by atoms with E-state index in [1.165, 1.54) is 5.56 Å². The lowest BCUT2D eigenvalue weighted by molar-refractivity contribution is 0.144. The van der Waals surface area contributed by atoms with Crippen LogP contribution in [0.1, 0.15) is 44.5 Å². The lowest BCUT2D eigenvalue weighted by Gasteiger charge is -2.05. The summed E-state index contributed by atoms with van der Waals surface area (Å²) in [6.07, 6.45) is 6.30. The van der Waals surface area contributed by atoms with Gasteiger partial charge in [-0.3, -0.25) is 0 Å². The van der Waals surface area contributed by atoms with Gasteiger partial charge in [-0.25, -0.2) is 9.78 Å². The van der Waals surface area contributed by atoms with Crippen LogP contribution in [0.4, 0.5) is 4.79 Å². The number of rotatable bonds is 9. The number of imidazole rings is 1. The van der Waals surface area contributed by atoms with Crippen LogP contribution in [0.5, 0.6) is 0 Å². The van der Waals surface area contributed by atoms with E-state index in [2.05, 4.69) is 53.4 Å². The van der Waals surface area contributed by atoms with Crippen molar-refractivity contribution in [2.75, 3.05) is 13.2 Å². The van der Waals surface area contributed by atoms with Gasteiger partial charge in [-0.05, 0) is 24.0 Å². The summed E-state index contributed by atoms with van der Waals surface area (Å²) in [6.45, 7) is 5.23. The second kappa shape index (κ2) is 9.75. The first-order valence-corrected chi connectivity index (χ1v) is 8.76. The van der Waals surface area contributed by atoms with E-state index in [0.717, 1.165) is 42.8 Å². The molecule has 5 nitrogen and oxygen atoms in total. The van der Waals surface area contributed by atoms with Crippen molar-refractivity contribution in [3.05, 3.63) is 41.9 Å². The van der Waals surface area contributed by atoms with Gasteiger partial charge in [-0.1, -0.05) is 51.0 Å². The van der Waals surface area contributed by atoms with E-state index in [1.807, 2.05) is 6.20 Å². The van der Waals surface area contributed by atoms with E-state index in [4.69, 9.17) is 4.74 Å². The Bertz CT molecular complexity index is 620. The first-order valence-electron chi connectivity index (χ1n) is 8.76.